The van der Waals surface area contributed by atoms with Crippen molar-refractivity contribution < 1.29 is 13.5 Å². The molecule has 0 spiro atoms. The summed E-state index contributed by atoms with van der Waals surface area (Å²) in [5.74, 6) is 0. The number of piperidine rings is 1. The summed E-state index contributed by atoms with van der Waals surface area (Å²) in [6, 6.07) is 1.53. The van der Waals surface area contributed by atoms with E-state index >= 15 is 0 Å². The number of nitrogens with zero attached hydrogens (tertiary/aromatic N) is 1. The van der Waals surface area contributed by atoms with Gasteiger partial charge in [0.05, 0.1) is 16.5 Å². The fraction of sp³-hybridized carbons (Fsp3) is 0.636. The summed E-state index contributed by atoms with van der Waals surface area (Å²) in [4.78, 5) is 2.99. The Morgan fingerprint density at radius 2 is 2.24 bits per heavy atom. The number of aromatic amines is 1. The smallest absolute Gasteiger partial charge is 0.245 e. The van der Waals surface area contributed by atoms with Gasteiger partial charge in [-0.25, -0.2) is 8.42 Å². The Hall–Kier alpha value is -0.850. The van der Waals surface area contributed by atoms with Crippen LogP contribution in [0, 0.1) is 0 Å². The van der Waals surface area contributed by atoms with Crippen molar-refractivity contribution in [2.75, 3.05) is 6.54 Å². The number of hydrogen-bond acceptors (Lipinski definition) is 3. The maximum absolute atomic E-state index is 12.4. The van der Waals surface area contributed by atoms with E-state index in [1.54, 1.807) is 20.0 Å². The summed E-state index contributed by atoms with van der Waals surface area (Å²) in [7, 11) is -3.52. The molecule has 1 saturated heterocycles. The minimum atomic E-state index is -3.52. The quantitative estimate of drug-likeness (QED) is 0.829. The van der Waals surface area contributed by atoms with Gasteiger partial charge in [0.1, 0.15) is 0 Å². The Kier molecular flexibility index (Phi) is 3.05. The zero-order valence-electron chi connectivity index (χ0n) is 10.0. The molecule has 0 aliphatic carbocycles. The van der Waals surface area contributed by atoms with Crippen molar-refractivity contribution in [3.63, 3.8) is 0 Å². The van der Waals surface area contributed by atoms with Crippen molar-refractivity contribution >= 4 is 10.0 Å². The second kappa shape index (κ2) is 4.12. The van der Waals surface area contributed by atoms with Crippen LogP contribution in [0.2, 0.25) is 0 Å². The third kappa shape index (κ3) is 2.00. The summed E-state index contributed by atoms with van der Waals surface area (Å²) >= 11 is 0. The van der Waals surface area contributed by atoms with E-state index in [2.05, 4.69) is 4.98 Å². The van der Waals surface area contributed by atoms with E-state index < -0.39 is 21.7 Å². The average molecular weight is 258 g/mol. The van der Waals surface area contributed by atoms with Gasteiger partial charge in [-0.3, -0.25) is 0 Å². The predicted octanol–water partition coefficient (Wildman–Crippen LogP) is 0.939. The third-order valence-electron chi connectivity index (χ3n) is 3.45. The number of aromatic nitrogens is 1. The molecule has 0 saturated carbocycles. The summed E-state index contributed by atoms with van der Waals surface area (Å²) in [6.45, 7) is 3.99. The van der Waals surface area contributed by atoms with Crippen LogP contribution in [0.15, 0.2) is 23.4 Å². The van der Waals surface area contributed by atoms with E-state index in [9.17, 15) is 13.5 Å². The molecule has 5 nitrogen and oxygen atoms in total. The van der Waals surface area contributed by atoms with Gasteiger partial charge >= 0.3 is 0 Å². The number of sulfonamides is 1. The van der Waals surface area contributed by atoms with Gasteiger partial charge in [-0.05, 0) is 32.8 Å². The molecule has 0 aromatic carbocycles. The molecule has 2 heterocycles. The van der Waals surface area contributed by atoms with Gasteiger partial charge in [-0.2, -0.15) is 4.31 Å². The van der Waals surface area contributed by atoms with Crippen LogP contribution in [-0.4, -0.2) is 41.0 Å². The Morgan fingerprint density at radius 1 is 1.53 bits per heavy atom. The van der Waals surface area contributed by atoms with E-state index in [-0.39, 0.29) is 4.90 Å². The summed E-state index contributed by atoms with van der Waals surface area (Å²) in [6.07, 6.45) is 3.76. The number of hydrogen-bond donors (Lipinski definition) is 2. The lowest BCUT2D eigenvalue weighted by molar-refractivity contribution is 0.000228. The molecule has 0 bridgehead atoms. The van der Waals surface area contributed by atoms with Crippen LogP contribution in [0.25, 0.3) is 0 Å². The number of rotatable bonds is 2. The van der Waals surface area contributed by atoms with Gasteiger partial charge in [-0.1, -0.05) is 0 Å². The third-order valence-corrected chi connectivity index (χ3v) is 5.54. The van der Waals surface area contributed by atoms with Gasteiger partial charge < -0.3 is 10.1 Å². The first-order chi connectivity index (χ1) is 7.87. The van der Waals surface area contributed by atoms with E-state index in [1.807, 2.05) is 0 Å². The molecule has 1 aliphatic heterocycles. The molecular formula is C11H18N2O3S. The van der Waals surface area contributed by atoms with Crippen molar-refractivity contribution in [3.8, 4) is 0 Å². The molecule has 1 aromatic rings. The van der Waals surface area contributed by atoms with Crippen LogP contribution in [0.3, 0.4) is 0 Å². The normalized spacial score (nSPS) is 25.9. The van der Waals surface area contributed by atoms with Crippen molar-refractivity contribution in [2.45, 2.75) is 43.2 Å². The highest BCUT2D eigenvalue weighted by Gasteiger charge is 2.44. The first-order valence-electron chi connectivity index (χ1n) is 5.70. The van der Waals surface area contributed by atoms with Gasteiger partial charge in [-0.15, -0.1) is 0 Å². The van der Waals surface area contributed by atoms with E-state index in [1.165, 1.54) is 16.6 Å². The van der Waals surface area contributed by atoms with E-state index in [4.69, 9.17) is 0 Å². The number of nitrogens with one attached hydrogen (secondary N) is 1. The summed E-state index contributed by atoms with van der Waals surface area (Å²) in [5, 5.41) is 9.95. The second-order valence-corrected chi connectivity index (χ2v) is 6.80. The lowest BCUT2D eigenvalue weighted by Crippen LogP contribution is -2.58. The standard InChI is InChI=1S/C11H18N2O3S/c1-11(2)10(14)4-3-7-13(11)17(15,16)9-5-6-12-8-9/h5-6,8,10,12,14H,3-4,7H2,1-2H3. The molecular weight excluding hydrogens is 240 g/mol. The molecule has 1 aromatic heterocycles. The minimum Gasteiger partial charge on any atom is -0.391 e. The van der Waals surface area contributed by atoms with E-state index in [0.717, 1.165) is 0 Å². The Morgan fingerprint density at radius 3 is 2.82 bits per heavy atom. The fourth-order valence-electron chi connectivity index (χ4n) is 2.26. The first-order valence-corrected chi connectivity index (χ1v) is 7.14. The Balaban J connectivity index is 2.40. The molecule has 2 N–H and O–H groups in total. The number of aliphatic hydroxyl groups is 1. The van der Waals surface area contributed by atoms with Crippen molar-refractivity contribution in [1.82, 2.24) is 9.29 Å². The van der Waals surface area contributed by atoms with Gasteiger partial charge in [0.15, 0.2) is 0 Å². The molecule has 0 amide bonds. The van der Waals surface area contributed by atoms with Crippen molar-refractivity contribution in [2.24, 2.45) is 0 Å². The molecule has 1 fully saturated rings. The van der Waals surface area contributed by atoms with Gasteiger partial charge in [0.2, 0.25) is 10.0 Å². The highest BCUT2D eigenvalue weighted by Crippen LogP contribution is 2.32. The van der Waals surface area contributed by atoms with Gasteiger partial charge in [0, 0.05) is 18.9 Å². The van der Waals surface area contributed by atoms with Crippen LogP contribution in [-0.2, 0) is 10.0 Å². The highest BCUT2D eigenvalue weighted by atomic mass is 32.2. The van der Waals surface area contributed by atoms with Gasteiger partial charge in [0.25, 0.3) is 0 Å². The molecule has 1 atom stereocenters. The van der Waals surface area contributed by atoms with Crippen LogP contribution >= 0.6 is 0 Å². The molecule has 0 radical (unpaired) electrons. The first kappa shape index (κ1) is 12.6. The summed E-state index contributed by atoms with van der Waals surface area (Å²) in [5.41, 5.74) is -0.756. The molecule has 1 unspecified atom stereocenters. The highest BCUT2D eigenvalue weighted by molar-refractivity contribution is 7.89. The Labute approximate surface area is 102 Å². The topological polar surface area (TPSA) is 73.4 Å². The zero-order chi connectivity index (χ0) is 12.7. The number of H-pyrrole nitrogens is 1. The maximum Gasteiger partial charge on any atom is 0.245 e. The lowest BCUT2D eigenvalue weighted by atomic mass is 9.90. The molecule has 6 heteroatoms. The summed E-state index contributed by atoms with van der Waals surface area (Å²) < 4.78 is 26.2. The number of aliphatic hydroxyl groups excluding tert-OH is 1. The fourth-order valence-corrected chi connectivity index (χ4v) is 4.08. The largest absolute Gasteiger partial charge is 0.391 e. The van der Waals surface area contributed by atoms with E-state index in [0.29, 0.717) is 19.4 Å². The zero-order valence-corrected chi connectivity index (χ0v) is 10.9. The monoisotopic (exact) mass is 258 g/mol. The Bertz CT molecular complexity index is 479. The molecule has 96 valence electrons. The minimum absolute atomic E-state index is 0.250. The molecule has 1 aliphatic rings. The predicted molar refractivity (Wildman–Crippen MR) is 64.0 cm³/mol. The van der Waals surface area contributed by atoms with Crippen LogP contribution in [0.1, 0.15) is 26.7 Å². The molecule has 2 rings (SSSR count). The van der Waals surface area contributed by atoms with Crippen molar-refractivity contribution in [3.05, 3.63) is 18.5 Å². The maximum atomic E-state index is 12.4. The van der Waals surface area contributed by atoms with Crippen molar-refractivity contribution in [1.29, 1.82) is 0 Å². The van der Waals surface area contributed by atoms with Crippen LogP contribution < -0.4 is 0 Å². The second-order valence-electron chi connectivity index (χ2n) is 4.94. The average Bonchev–Trinajstić information content (AvgIpc) is 2.75. The molecule has 17 heavy (non-hydrogen) atoms. The van der Waals surface area contributed by atoms with Crippen LogP contribution in [0.5, 0.6) is 0 Å². The SMILES string of the molecule is CC1(C)C(O)CCCN1S(=O)(=O)c1cc[nH]c1. The van der Waals surface area contributed by atoms with Crippen LogP contribution in [0.4, 0.5) is 0 Å². The lowest BCUT2D eigenvalue weighted by Gasteiger charge is -2.44.